The quantitative estimate of drug-likeness (QED) is 0.660. The first kappa shape index (κ1) is 23.5. The van der Waals surface area contributed by atoms with E-state index in [0.29, 0.717) is 5.56 Å². The van der Waals surface area contributed by atoms with E-state index < -0.39 is 37.1 Å². The van der Waals surface area contributed by atoms with E-state index in [1.165, 1.54) is 22.5 Å². The monoisotopic (exact) mass is 478 g/mol. The third kappa shape index (κ3) is 5.03. The van der Waals surface area contributed by atoms with Crippen molar-refractivity contribution in [1.82, 2.24) is 8.61 Å². The second-order valence-corrected chi connectivity index (χ2v) is 10.9. The summed E-state index contributed by atoms with van der Waals surface area (Å²) in [6.45, 7) is 2.86. The van der Waals surface area contributed by atoms with Gasteiger partial charge in [-0.15, -0.1) is 13.2 Å². The molecular formula is C19H21F3N2O5S2. The first-order valence-corrected chi connectivity index (χ1v) is 12.1. The van der Waals surface area contributed by atoms with Gasteiger partial charge < -0.3 is 4.74 Å². The summed E-state index contributed by atoms with van der Waals surface area (Å²) in [6, 6.07) is 9.39. The molecule has 0 N–H and O–H groups in total. The molecule has 3 rings (SSSR count). The van der Waals surface area contributed by atoms with Crippen molar-refractivity contribution < 1.29 is 34.7 Å². The maximum Gasteiger partial charge on any atom is 0.573 e. The van der Waals surface area contributed by atoms with E-state index in [2.05, 4.69) is 4.74 Å². The molecule has 0 spiro atoms. The van der Waals surface area contributed by atoms with Crippen molar-refractivity contribution in [2.45, 2.75) is 30.0 Å². The number of alkyl halides is 3. The lowest BCUT2D eigenvalue weighted by atomic mass is 10.2. The Balaban J connectivity index is 1.81. The zero-order chi connectivity index (χ0) is 23.0. The Kier molecular flexibility index (Phi) is 6.38. The normalized spacial score (nSPS) is 16.9. The Labute approximate surface area is 179 Å². The molecule has 1 aliphatic heterocycles. The molecule has 0 unspecified atom stereocenters. The summed E-state index contributed by atoms with van der Waals surface area (Å²) in [5, 5.41) is 0. The van der Waals surface area contributed by atoms with Crippen LogP contribution < -0.4 is 4.74 Å². The minimum Gasteiger partial charge on any atom is -0.404 e. The average molecular weight is 479 g/mol. The van der Waals surface area contributed by atoms with Crippen LogP contribution in [0.3, 0.4) is 0 Å². The number of nitrogens with zero attached hydrogens (tertiary/aromatic N) is 2. The van der Waals surface area contributed by atoms with E-state index in [1.807, 2.05) is 6.92 Å². The van der Waals surface area contributed by atoms with Gasteiger partial charge in [0.25, 0.3) is 0 Å². The van der Waals surface area contributed by atoms with E-state index in [0.717, 1.165) is 22.0 Å². The molecule has 0 amide bonds. The van der Waals surface area contributed by atoms with Crippen LogP contribution in [0.1, 0.15) is 11.1 Å². The van der Waals surface area contributed by atoms with Crippen LogP contribution in [0, 0.1) is 13.8 Å². The molecular weight excluding hydrogens is 457 g/mol. The Morgan fingerprint density at radius 3 is 1.84 bits per heavy atom. The molecule has 0 saturated carbocycles. The van der Waals surface area contributed by atoms with Crippen LogP contribution in [0.2, 0.25) is 0 Å². The average Bonchev–Trinajstić information content (AvgIpc) is 2.67. The molecule has 12 heteroatoms. The number of ether oxygens (including phenoxy) is 1. The first-order chi connectivity index (χ1) is 14.3. The smallest absolute Gasteiger partial charge is 0.404 e. The number of aryl methyl sites for hydroxylation is 2. The second-order valence-electron chi connectivity index (χ2n) is 7.07. The summed E-state index contributed by atoms with van der Waals surface area (Å²) in [4.78, 5) is -0.489. The highest BCUT2D eigenvalue weighted by Crippen LogP contribution is 2.32. The van der Waals surface area contributed by atoms with Crippen LogP contribution in [0.4, 0.5) is 13.2 Å². The molecule has 2 aromatic carbocycles. The fraction of sp³-hybridized carbons (Fsp3) is 0.368. The van der Waals surface area contributed by atoms with E-state index in [9.17, 15) is 30.0 Å². The van der Waals surface area contributed by atoms with E-state index >= 15 is 0 Å². The molecule has 1 heterocycles. The Bertz CT molecular complexity index is 1170. The number of benzene rings is 2. The van der Waals surface area contributed by atoms with Crippen LogP contribution in [-0.2, 0) is 20.0 Å². The van der Waals surface area contributed by atoms with Gasteiger partial charge in [-0.2, -0.15) is 8.61 Å². The van der Waals surface area contributed by atoms with Gasteiger partial charge in [-0.3, -0.25) is 0 Å². The molecule has 1 saturated heterocycles. The van der Waals surface area contributed by atoms with Gasteiger partial charge in [0.05, 0.1) is 4.90 Å². The Morgan fingerprint density at radius 1 is 0.806 bits per heavy atom. The predicted octanol–water partition coefficient (Wildman–Crippen LogP) is 2.90. The molecule has 0 bridgehead atoms. The molecule has 0 atom stereocenters. The molecule has 170 valence electrons. The van der Waals surface area contributed by atoms with Crippen molar-refractivity contribution in [1.29, 1.82) is 0 Å². The van der Waals surface area contributed by atoms with Crippen molar-refractivity contribution in [3.8, 4) is 5.75 Å². The highest BCUT2D eigenvalue weighted by molar-refractivity contribution is 7.89. The maximum absolute atomic E-state index is 13.0. The third-order valence-electron chi connectivity index (χ3n) is 4.84. The number of rotatable bonds is 5. The van der Waals surface area contributed by atoms with E-state index in [-0.39, 0.29) is 31.1 Å². The van der Waals surface area contributed by atoms with Crippen LogP contribution in [0.25, 0.3) is 0 Å². The summed E-state index contributed by atoms with van der Waals surface area (Å²) in [5.41, 5.74) is 1.49. The molecule has 0 radical (unpaired) electrons. The standard InChI is InChI=1S/C19H21F3N2O5S2/c1-14-7-8-17(15(2)13-14)30(25,26)23-9-11-24(12-10-23)31(27,28)18-6-4-3-5-16(18)29-19(20,21)22/h3-8,13H,9-12H2,1-2H3. The topological polar surface area (TPSA) is 84.0 Å². The maximum atomic E-state index is 13.0. The molecule has 0 aliphatic carbocycles. The predicted molar refractivity (Wildman–Crippen MR) is 107 cm³/mol. The fourth-order valence-electron chi connectivity index (χ4n) is 3.39. The highest BCUT2D eigenvalue weighted by atomic mass is 32.2. The van der Waals surface area contributed by atoms with Gasteiger partial charge in [0.2, 0.25) is 20.0 Å². The summed E-state index contributed by atoms with van der Waals surface area (Å²) in [6.07, 6.45) is -5.05. The zero-order valence-corrected chi connectivity index (χ0v) is 18.4. The Hall–Kier alpha value is -2.15. The van der Waals surface area contributed by atoms with Gasteiger partial charge in [-0.1, -0.05) is 29.8 Å². The molecule has 1 aliphatic rings. The molecule has 2 aromatic rings. The molecule has 0 aromatic heterocycles. The highest BCUT2D eigenvalue weighted by Gasteiger charge is 2.38. The first-order valence-electron chi connectivity index (χ1n) is 9.25. The number of hydrogen-bond acceptors (Lipinski definition) is 5. The van der Waals surface area contributed by atoms with Crippen LogP contribution >= 0.6 is 0 Å². The van der Waals surface area contributed by atoms with Crippen LogP contribution in [0.5, 0.6) is 5.75 Å². The Morgan fingerprint density at radius 2 is 1.32 bits per heavy atom. The molecule has 7 nitrogen and oxygen atoms in total. The van der Waals surface area contributed by atoms with Gasteiger partial charge in [0, 0.05) is 26.2 Å². The largest absolute Gasteiger partial charge is 0.573 e. The van der Waals surface area contributed by atoms with Crippen molar-refractivity contribution >= 4 is 20.0 Å². The van der Waals surface area contributed by atoms with E-state index in [4.69, 9.17) is 0 Å². The SMILES string of the molecule is Cc1ccc(S(=O)(=O)N2CCN(S(=O)(=O)c3ccccc3OC(F)(F)F)CC2)c(C)c1. The molecule has 1 fully saturated rings. The zero-order valence-electron chi connectivity index (χ0n) is 16.8. The third-order valence-corrected chi connectivity index (χ3v) is 8.84. The lowest BCUT2D eigenvalue weighted by Crippen LogP contribution is -2.50. The van der Waals surface area contributed by atoms with Gasteiger partial charge in [0.1, 0.15) is 10.6 Å². The fourth-order valence-corrected chi connectivity index (χ4v) is 6.55. The summed E-state index contributed by atoms with van der Waals surface area (Å²) in [5.74, 6) is -0.833. The minimum absolute atomic E-state index is 0.128. The molecule has 31 heavy (non-hydrogen) atoms. The number of sulfonamides is 2. The van der Waals surface area contributed by atoms with Gasteiger partial charge >= 0.3 is 6.36 Å². The summed E-state index contributed by atoms with van der Waals surface area (Å²) >= 11 is 0. The number of halogens is 3. The summed E-state index contributed by atoms with van der Waals surface area (Å²) < 4.78 is 95.7. The number of para-hydroxylation sites is 1. The second kappa shape index (κ2) is 8.41. The van der Waals surface area contributed by atoms with Crippen LogP contribution in [0.15, 0.2) is 52.3 Å². The van der Waals surface area contributed by atoms with Crippen molar-refractivity contribution in [2.24, 2.45) is 0 Å². The van der Waals surface area contributed by atoms with Crippen molar-refractivity contribution in [3.63, 3.8) is 0 Å². The van der Waals surface area contributed by atoms with Gasteiger partial charge in [0.15, 0.2) is 0 Å². The number of hydrogen-bond donors (Lipinski definition) is 0. The van der Waals surface area contributed by atoms with Crippen LogP contribution in [-0.4, -0.2) is 58.0 Å². The van der Waals surface area contributed by atoms with Gasteiger partial charge in [-0.05, 0) is 37.6 Å². The van der Waals surface area contributed by atoms with Crippen molar-refractivity contribution in [3.05, 3.63) is 53.6 Å². The van der Waals surface area contributed by atoms with Crippen molar-refractivity contribution in [2.75, 3.05) is 26.2 Å². The van der Waals surface area contributed by atoms with Gasteiger partial charge in [-0.25, -0.2) is 16.8 Å². The summed E-state index contributed by atoms with van der Waals surface area (Å²) in [7, 11) is -8.16. The lowest BCUT2D eigenvalue weighted by molar-refractivity contribution is -0.275. The van der Waals surface area contributed by atoms with E-state index in [1.54, 1.807) is 19.1 Å². The lowest BCUT2D eigenvalue weighted by Gasteiger charge is -2.33. The number of piperazine rings is 1. The minimum atomic E-state index is -5.05.